The van der Waals surface area contributed by atoms with Crippen LogP contribution in [0.3, 0.4) is 0 Å². The van der Waals surface area contributed by atoms with Crippen molar-refractivity contribution >= 4 is 5.97 Å². The van der Waals surface area contributed by atoms with E-state index < -0.39 is 5.97 Å². The van der Waals surface area contributed by atoms with E-state index in [-0.39, 0.29) is 12.0 Å². The number of likely N-dealkylation sites (tertiary alicyclic amines) is 1. The Morgan fingerprint density at radius 1 is 1.61 bits per heavy atom. The molecule has 0 aromatic heterocycles. The zero-order valence-corrected chi connectivity index (χ0v) is 10.7. The monoisotopic (exact) mass is 248 g/mol. The second-order valence-electron chi connectivity index (χ2n) is 4.98. The number of aryl methyl sites for hydroxylation is 1. The minimum absolute atomic E-state index is 0.134. The summed E-state index contributed by atoms with van der Waals surface area (Å²) in [6.45, 7) is 3.99. The molecule has 2 atom stereocenters. The van der Waals surface area contributed by atoms with Crippen LogP contribution in [-0.2, 0) is 4.79 Å². The summed E-state index contributed by atoms with van der Waals surface area (Å²) >= 11 is 0. The predicted octanol–water partition coefficient (Wildman–Crippen LogP) is 1.40. The maximum absolute atomic E-state index is 11.0. The van der Waals surface area contributed by atoms with Crippen LogP contribution in [0, 0.1) is 12.8 Å². The van der Waals surface area contributed by atoms with Crippen LogP contribution in [0.15, 0.2) is 24.3 Å². The maximum atomic E-state index is 11.0. The third-order valence-corrected chi connectivity index (χ3v) is 3.66. The molecule has 3 N–H and O–H groups in total. The Labute approximate surface area is 107 Å². The van der Waals surface area contributed by atoms with Crippen molar-refractivity contribution in [3.63, 3.8) is 0 Å². The smallest absolute Gasteiger partial charge is 0.307 e. The van der Waals surface area contributed by atoms with Gasteiger partial charge in [-0.25, -0.2) is 0 Å². The molecule has 0 amide bonds. The molecule has 1 heterocycles. The van der Waals surface area contributed by atoms with Crippen LogP contribution in [0.4, 0.5) is 0 Å². The first-order valence-electron chi connectivity index (χ1n) is 6.35. The second kappa shape index (κ2) is 5.50. The van der Waals surface area contributed by atoms with E-state index in [0.29, 0.717) is 13.1 Å². The number of carbonyl (C=O) groups is 1. The first kappa shape index (κ1) is 13.1. The van der Waals surface area contributed by atoms with Crippen LogP contribution in [0.1, 0.15) is 23.6 Å². The van der Waals surface area contributed by atoms with Crippen LogP contribution in [-0.4, -0.2) is 35.6 Å². The van der Waals surface area contributed by atoms with Gasteiger partial charge in [0.2, 0.25) is 0 Å². The molecule has 1 aromatic rings. The zero-order valence-electron chi connectivity index (χ0n) is 10.7. The predicted molar refractivity (Wildman–Crippen MR) is 70.3 cm³/mol. The van der Waals surface area contributed by atoms with Gasteiger partial charge in [-0.05, 0) is 25.5 Å². The molecule has 4 heteroatoms. The Hall–Kier alpha value is -1.39. The first-order valence-corrected chi connectivity index (χ1v) is 6.35. The normalized spacial score (nSPS) is 22.0. The van der Waals surface area contributed by atoms with Gasteiger partial charge in [-0.3, -0.25) is 9.69 Å². The number of nitrogens with zero attached hydrogens (tertiary/aromatic N) is 1. The molecule has 0 radical (unpaired) electrons. The van der Waals surface area contributed by atoms with E-state index in [0.717, 1.165) is 13.0 Å². The summed E-state index contributed by atoms with van der Waals surface area (Å²) in [4.78, 5) is 13.2. The topological polar surface area (TPSA) is 66.6 Å². The molecule has 98 valence electrons. The van der Waals surface area contributed by atoms with Gasteiger partial charge in [-0.1, -0.05) is 29.8 Å². The molecular weight excluding hydrogens is 228 g/mol. The average molecular weight is 248 g/mol. The summed E-state index contributed by atoms with van der Waals surface area (Å²) in [5, 5.41) is 9.04. The number of hydrogen-bond donors (Lipinski definition) is 2. The molecule has 0 bridgehead atoms. The highest BCUT2D eigenvalue weighted by atomic mass is 16.4. The minimum Gasteiger partial charge on any atom is -0.481 e. The molecule has 1 aromatic carbocycles. The fourth-order valence-corrected chi connectivity index (χ4v) is 2.65. The SMILES string of the molecule is Cc1cccc([C@@H](CN)N2CC[C@H](C(=O)O)C2)c1. The number of aliphatic carboxylic acids is 1. The van der Waals surface area contributed by atoms with Gasteiger partial charge in [0.25, 0.3) is 0 Å². The number of nitrogens with two attached hydrogens (primary N) is 1. The van der Waals surface area contributed by atoms with E-state index in [1.54, 1.807) is 0 Å². The van der Waals surface area contributed by atoms with E-state index >= 15 is 0 Å². The van der Waals surface area contributed by atoms with Crippen LogP contribution < -0.4 is 5.73 Å². The fourth-order valence-electron chi connectivity index (χ4n) is 2.65. The molecule has 1 aliphatic rings. The van der Waals surface area contributed by atoms with Crippen molar-refractivity contribution in [2.45, 2.75) is 19.4 Å². The van der Waals surface area contributed by atoms with Crippen LogP contribution in [0.5, 0.6) is 0 Å². The van der Waals surface area contributed by atoms with Crippen LogP contribution in [0.2, 0.25) is 0 Å². The molecule has 1 fully saturated rings. The van der Waals surface area contributed by atoms with E-state index in [1.807, 2.05) is 6.07 Å². The Morgan fingerprint density at radius 3 is 2.94 bits per heavy atom. The lowest BCUT2D eigenvalue weighted by Crippen LogP contribution is -2.32. The van der Waals surface area contributed by atoms with Crippen molar-refractivity contribution in [3.05, 3.63) is 35.4 Å². The summed E-state index contributed by atoms with van der Waals surface area (Å²) in [5.74, 6) is -0.943. The Morgan fingerprint density at radius 2 is 2.39 bits per heavy atom. The van der Waals surface area contributed by atoms with Gasteiger partial charge >= 0.3 is 5.97 Å². The Kier molecular flexibility index (Phi) is 3.99. The van der Waals surface area contributed by atoms with E-state index in [4.69, 9.17) is 10.8 Å². The summed E-state index contributed by atoms with van der Waals surface area (Å²) in [7, 11) is 0. The summed E-state index contributed by atoms with van der Waals surface area (Å²) in [6.07, 6.45) is 0.720. The van der Waals surface area contributed by atoms with Crippen molar-refractivity contribution in [2.24, 2.45) is 11.7 Å². The van der Waals surface area contributed by atoms with Crippen LogP contribution in [0.25, 0.3) is 0 Å². The molecule has 2 rings (SSSR count). The molecule has 0 saturated carbocycles. The third kappa shape index (κ3) is 2.71. The van der Waals surface area contributed by atoms with Gasteiger partial charge in [0.05, 0.1) is 5.92 Å². The number of carboxylic acid groups (broad SMARTS) is 1. The molecule has 0 unspecified atom stereocenters. The molecule has 0 spiro atoms. The van der Waals surface area contributed by atoms with Gasteiger partial charge in [0.1, 0.15) is 0 Å². The van der Waals surface area contributed by atoms with Gasteiger partial charge in [0.15, 0.2) is 0 Å². The van der Waals surface area contributed by atoms with Gasteiger partial charge in [-0.2, -0.15) is 0 Å². The molecule has 0 aliphatic carbocycles. The van der Waals surface area contributed by atoms with Gasteiger partial charge in [-0.15, -0.1) is 0 Å². The number of benzene rings is 1. The van der Waals surface area contributed by atoms with E-state index in [1.165, 1.54) is 11.1 Å². The highest BCUT2D eigenvalue weighted by molar-refractivity contribution is 5.70. The number of hydrogen-bond acceptors (Lipinski definition) is 3. The molecule has 18 heavy (non-hydrogen) atoms. The minimum atomic E-state index is -0.697. The summed E-state index contributed by atoms with van der Waals surface area (Å²) in [5.41, 5.74) is 8.26. The quantitative estimate of drug-likeness (QED) is 0.845. The third-order valence-electron chi connectivity index (χ3n) is 3.66. The Bertz CT molecular complexity index is 434. The Balaban J connectivity index is 2.13. The maximum Gasteiger partial charge on any atom is 0.307 e. The van der Waals surface area contributed by atoms with Crippen molar-refractivity contribution in [1.82, 2.24) is 4.90 Å². The van der Waals surface area contributed by atoms with Crippen molar-refractivity contribution < 1.29 is 9.90 Å². The molecule has 1 saturated heterocycles. The molecule has 1 aliphatic heterocycles. The number of rotatable bonds is 4. The molecular formula is C14H20N2O2. The zero-order chi connectivity index (χ0) is 13.1. The average Bonchev–Trinajstić information content (AvgIpc) is 2.80. The summed E-state index contributed by atoms with van der Waals surface area (Å²) in [6, 6.07) is 8.41. The highest BCUT2D eigenvalue weighted by Gasteiger charge is 2.32. The first-order chi connectivity index (χ1) is 8.61. The van der Waals surface area contributed by atoms with Crippen molar-refractivity contribution in [2.75, 3.05) is 19.6 Å². The largest absolute Gasteiger partial charge is 0.481 e. The standard InChI is InChI=1S/C14H20N2O2/c1-10-3-2-4-11(7-10)13(8-15)16-6-5-12(9-16)14(17)18/h2-4,7,12-13H,5-6,8-9,15H2,1H3,(H,17,18)/t12-,13+/m0/s1. The fraction of sp³-hybridized carbons (Fsp3) is 0.500. The van der Waals surface area contributed by atoms with Gasteiger partial charge < -0.3 is 10.8 Å². The lowest BCUT2D eigenvalue weighted by atomic mass is 10.0. The van der Waals surface area contributed by atoms with Crippen LogP contribution >= 0.6 is 0 Å². The lowest BCUT2D eigenvalue weighted by Gasteiger charge is -2.27. The number of carboxylic acids is 1. The van der Waals surface area contributed by atoms with E-state index in [2.05, 4.69) is 30.0 Å². The highest BCUT2D eigenvalue weighted by Crippen LogP contribution is 2.27. The van der Waals surface area contributed by atoms with Gasteiger partial charge in [0, 0.05) is 19.1 Å². The van der Waals surface area contributed by atoms with Crippen molar-refractivity contribution in [1.29, 1.82) is 0 Å². The van der Waals surface area contributed by atoms with Crippen molar-refractivity contribution in [3.8, 4) is 0 Å². The second-order valence-corrected chi connectivity index (χ2v) is 4.98. The van der Waals surface area contributed by atoms with E-state index in [9.17, 15) is 4.79 Å². The summed E-state index contributed by atoms with van der Waals surface area (Å²) < 4.78 is 0. The lowest BCUT2D eigenvalue weighted by molar-refractivity contribution is -0.141. The molecule has 4 nitrogen and oxygen atoms in total.